The molecule has 1 N–H and O–H groups in total. The van der Waals surface area contributed by atoms with E-state index in [0.29, 0.717) is 48.6 Å². The van der Waals surface area contributed by atoms with Crippen LogP contribution in [-0.2, 0) is 22.7 Å². The number of aromatic nitrogens is 1. The summed E-state index contributed by atoms with van der Waals surface area (Å²) in [6, 6.07) is 14.8. The van der Waals surface area contributed by atoms with Crippen molar-refractivity contribution in [3.05, 3.63) is 69.7 Å². The standard InChI is InChI=1S/C23H24ClN3O4/c24-18-6-7-19-20(14-18)31-23(30)27(19)13-10-21(28)26-11-8-17(9-12-26)22(29)25-15-16-4-2-1-3-5-16/h1-7,14,17H,8-13,15H2,(H,25,29). The third-order valence-electron chi connectivity index (χ3n) is 5.71. The molecule has 8 heteroatoms. The number of halogens is 1. The summed E-state index contributed by atoms with van der Waals surface area (Å²) in [5.41, 5.74) is 2.09. The van der Waals surface area contributed by atoms with Crippen molar-refractivity contribution in [2.24, 2.45) is 5.92 Å². The van der Waals surface area contributed by atoms with Crippen LogP contribution in [-0.4, -0.2) is 34.4 Å². The van der Waals surface area contributed by atoms with Crippen LogP contribution < -0.4 is 11.1 Å². The Bertz CT molecular complexity index is 1130. The van der Waals surface area contributed by atoms with Gasteiger partial charge in [0.05, 0.1) is 5.52 Å². The van der Waals surface area contributed by atoms with Crippen molar-refractivity contribution in [2.75, 3.05) is 13.1 Å². The van der Waals surface area contributed by atoms with E-state index in [1.807, 2.05) is 30.3 Å². The second kappa shape index (κ2) is 9.39. The molecule has 2 aromatic carbocycles. The average Bonchev–Trinajstić information content (AvgIpc) is 3.10. The predicted molar refractivity (Wildman–Crippen MR) is 118 cm³/mol. The van der Waals surface area contributed by atoms with Crippen LogP contribution in [0.25, 0.3) is 11.1 Å². The smallest absolute Gasteiger partial charge is 0.408 e. The maximum Gasteiger partial charge on any atom is 0.419 e. The molecule has 2 heterocycles. The number of hydrogen-bond donors (Lipinski definition) is 1. The number of rotatable bonds is 6. The fourth-order valence-electron chi connectivity index (χ4n) is 3.94. The fraction of sp³-hybridized carbons (Fsp3) is 0.348. The summed E-state index contributed by atoms with van der Waals surface area (Å²) in [5, 5.41) is 3.47. The van der Waals surface area contributed by atoms with Crippen LogP contribution in [0.2, 0.25) is 5.02 Å². The first kappa shape index (κ1) is 21.2. The number of carbonyl (C=O) groups excluding carboxylic acids is 2. The van der Waals surface area contributed by atoms with E-state index in [1.165, 1.54) is 4.57 Å². The van der Waals surface area contributed by atoms with E-state index >= 15 is 0 Å². The van der Waals surface area contributed by atoms with E-state index in [0.717, 1.165) is 5.56 Å². The van der Waals surface area contributed by atoms with Gasteiger partial charge in [0.1, 0.15) is 0 Å². The lowest BCUT2D eigenvalue weighted by Crippen LogP contribution is -2.43. The number of piperidine rings is 1. The first-order valence-electron chi connectivity index (χ1n) is 10.4. The van der Waals surface area contributed by atoms with Crippen molar-refractivity contribution in [2.45, 2.75) is 32.4 Å². The molecule has 162 valence electrons. The van der Waals surface area contributed by atoms with Crippen LogP contribution in [0.3, 0.4) is 0 Å². The Morgan fingerprint density at radius 2 is 1.84 bits per heavy atom. The summed E-state index contributed by atoms with van der Waals surface area (Å²) in [5.74, 6) is -0.582. The van der Waals surface area contributed by atoms with E-state index < -0.39 is 5.76 Å². The van der Waals surface area contributed by atoms with Gasteiger partial charge in [-0.1, -0.05) is 41.9 Å². The van der Waals surface area contributed by atoms with Crippen molar-refractivity contribution < 1.29 is 14.0 Å². The number of likely N-dealkylation sites (tertiary alicyclic amines) is 1. The second-order valence-corrected chi connectivity index (χ2v) is 8.18. The zero-order valence-electron chi connectivity index (χ0n) is 17.1. The van der Waals surface area contributed by atoms with Gasteiger partial charge in [-0.15, -0.1) is 0 Å². The molecule has 1 saturated heterocycles. The van der Waals surface area contributed by atoms with Gasteiger partial charge in [-0.2, -0.15) is 0 Å². The van der Waals surface area contributed by atoms with Gasteiger partial charge in [-0.3, -0.25) is 14.2 Å². The fourth-order valence-corrected chi connectivity index (χ4v) is 4.10. The minimum Gasteiger partial charge on any atom is -0.408 e. The molecule has 0 saturated carbocycles. The zero-order valence-corrected chi connectivity index (χ0v) is 17.8. The molecule has 4 rings (SSSR count). The third kappa shape index (κ3) is 4.99. The molecule has 3 aromatic rings. The molecule has 1 aliphatic rings. The summed E-state index contributed by atoms with van der Waals surface area (Å²) < 4.78 is 6.66. The molecule has 1 fully saturated rings. The van der Waals surface area contributed by atoms with Gasteiger partial charge in [0, 0.05) is 49.6 Å². The summed E-state index contributed by atoms with van der Waals surface area (Å²) in [4.78, 5) is 39.0. The van der Waals surface area contributed by atoms with Crippen molar-refractivity contribution in [1.82, 2.24) is 14.8 Å². The number of benzene rings is 2. The maximum atomic E-state index is 12.6. The van der Waals surface area contributed by atoms with Gasteiger partial charge in [0.15, 0.2) is 5.58 Å². The molecule has 0 spiro atoms. The third-order valence-corrected chi connectivity index (χ3v) is 5.94. The number of amides is 2. The zero-order chi connectivity index (χ0) is 21.8. The van der Waals surface area contributed by atoms with Gasteiger partial charge in [-0.05, 0) is 30.5 Å². The highest BCUT2D eigenvalue weighted by molar-refractivity contribution is 6.31. The topological polar surface area (TPSA) is 84.5 Å². The van der Waals surface area contributed by atoms with E-state index in [2.05, 4.69) is 5.32 Å². The maximum absolute atomic E-state index is 12.6. The molecule has 0 atom stereocenters. The van der Waals surface area contributed by atoms with Crippen LogP contribution in [0.5, 0.6) is 0 Å². The molecule has 0 unspecified atom stereocenters. The van der Waals surface area contributed by atoms with Crippen LogP contribution in [0.4, 0.5) is 0 Å². The molecule has 31 heavy (non-hydrogen) atoms. The van der Waals surface area contributed by atoms with Crippen molar-refractivity contribution >= 4 is 34.5 Å². The van der Waals surface area contributed by atoms with E-state index in [-0.39, 0.29) is 30.7 Å². The molecule has 7 nitrogen and oxygen atoms in total. The highest BCUT2D eigenvalue weighted by atomic mass is 35.5. The number of aryl methyl sites for hydroxylation is 1. The van der Waals surface area contributed by atoms with Crippen LogP contribution >= 0.6 is 11.6 Å². The lowest BCUT2D eigenvalue weighted by molar-refractivity contribution is -0.135. The lowest BCUT2D eigenvalue weighted by atomic mass is 9.95. The lowest BCUT2D eigenvalue weighted by Gasteiger charge is -2.31. The molecule has 0 bridgehead atoms. The monoisotopic (exact) mass is 441 g/mol. The molecule has 1 aromatic heterocycles. The Hall–Kier alpha value is -3.06. The van der Waals surface area contributed by atoms with Crippen LogP contribution in [0.15, 0.2) is 57.7 Å². The van der Waals surface area contributed by atoms with Gasteiger partial charge in [-0.25, -0.2) is 4.79 Å². The summed E-state index contributed by atoms with van der Waals surface area (Å²) in [6.45, 7) is 1.83. The number of fused-ring (bicyclic) bond motifs is 1. The Morgan fingerprint density at radius 1 is 1.10 bits per heavy atom. The van der Waals surface area contributed by atoms with Crippen molar-refractivity contribution in [3.63, 3.8) is 0 Å². The Morgan fingerprint density at radius 3 is 2.58 bits per heavy atom. The largest absolute Gasteiger partial charge is 0.419 e. The highest BCUT2D eigenvalue weighted by Crippen LogP contribution is 2.20. The number of carbonyl (C=O) groups is 2. The Labute approximate surface area is 184 Å². The molecule has 1 aliphatic heterocycles. The molecular weight excluding hydrogens is 418 g/mol. The van der Waals surface area contributed by atoms with E-state index in [4.69, 9.17) is 16.0 Å². The normalized spacial score (nSPS) is 14.7. The predicted octanol–water partition coefficient (Wildman–Crippen LogP) is 3.19. The number of hydrogen-bond acceptors (Lipinski definition) is 4. The Balaban J connectivity index is 1.26. The molecule has 0 aliphatic carbocycles. The van der Waals surface area contributed by atoms with E-state index in [1.54, 1.807) is 23.1 Å². The number of nitrogens with zero attached hydrogens (tertiary/aromatic N) is 2. The van der Waals surface area contributed by atoms with Gasteiger partial charge >= 0.3 is 5.76 Å². The SMILES string of the molecule is O=C(NCc1ccccc1)C1CCN(C(=O)CCn2c(=O)oc3cc(Cl)ccc32)CC1. The summed E-state index contributed by atoms with van der Waals surface area (Å²) in [6.07, 6.45) is 1.47. The second-order valence-electron chi connectivity index (χ2n) is 7.74. The van der Waals surface area contributed by atoms with Crippen LogP contribution in [0.1, 0.15) is 24.8 Å². The van der Waals surface area contributed by atoms with Crippen LogP contribution in [0, 0.1) is 5.92 Å². The summed E-state index contributed by atoms with van der Waals surface area (Å²) in [7, 11) is 0. The number of oxazole rings is 1. The van der Waals surface area contributed by atoms with Crippen molar-refractivity contribution in [1.29, 1.82) is 0 Å². The minimum atomic E-state index is -0.501. The first-order valence-corrected chi connectivity index (χ1v) is 10.8. The average molecular weight is 442 g/mol. The summed E-state index contributed by atoms with van der Waals surface area (Å²) >= 11 is 5.93. The van der Waals surface area contributed by atoms with E-state index in [9.17, 15) is 14.4 Å². The Kier molecular flexibility index (Phi) is 6.42. The molecule has 2 amide bonds. The molecule has 0 radical (unpaired) electrons. The number of nitrogens with one attached hydrogen (secondary N) is 1. The van der Waals surface area contributed by atoms with Gasteiger partial charge < -0.3 is 14.6 Å². The van der Waals surface area contributed by atoms with Gasteiger partial charge in [0.2, 0.25) is 11.8 Å². The highest BCUT2D eigenvalue weighted by Gasteiger charge is 2.27. The molecular formula is C23H24ClN3O4. The first-order chi connectivity index (χ1) is 15.0. The quantitative estimate of drug-likeness (QED) is 0.636. The van der Waals surface area contributed by atoms with Gasteiger partial charge in [0.25, 0.3) is 0 Å². The minimum absolute atomic E-state index is 0.0293. The van der Waals surface area contributed by atoms with Crippen molar-refractivity contribution in [3.8, 4) is 0 Å².